The van der Waals surface area contributed by atoms with Crippen LogP contribution in [0.25, 0.3) is 0 Å². The number of ether oxygens (including phenoxy) is 1. The number of urea groups is 1. The fourth-order valence-electron chi connectivity index (χ4n) is 3.43. The van der Waals surface area contributed by atoms with Crippen molar-refractivity contribution in [3.05, 3.63) is 34.9 Å². The first-order valence-electron chi connectivity index (χ1n) is 8.64. The number of nitrogens with zero attached hydrogens (tertiary/aromatic N) is 1. The fourth-order valence-corrected chi connectivity index (χ4v) is 3.43. The van der Waals surface area contributed by atoms with Crippen LogP contribution in [0.1, 0.15) is 42.5 Å². The lowest BCUT2D eigenvalue weighted by molar-refractivity contribution is -0.0261. The molecule has 0 spiro atoms. The highest BCUT2D eigenvalue weighted by Crippen LogP contribution is 2.30. The van der Waals surface area contributed by atoms with Crippen LogP contribution in [0.5, 0.6) is 0 Å². The number of hydrogen-bond donors (Lipinski definition) is 2. The molecule has 1 aliphatic rings. The van der Waals surface area contributed by atoms with Gasteiger partial charge in [0.15, 0.2) is 0 Å². The number of rotatable bonds is 5. The van der Waals surface area contributed by atoms with Gasteiger partial charge in [-0.15, -0.1) is 0 Å². The predicted octanol–water partition coefficient (Wildman–Crippen LogP) is 2.79. The molecule has 1 atom stereocenters. The van der Waals surface area contributed by atoms with Gasteiger partial charge in [0.2, 0.25) is 0 Å². The van der Waals surface area contributed by atoms with Crippen molar-refractivity contribution in [2.75, 3.05) is 33.4 Å². The van der Waals surface area contributed by atoms with Crippen molar-refractivity contribution in [1.29, 1.82) is 0 Å². The van der Waals surface area contributed by atoms with Gasteiger partial charge in [0.1, 0.15) is 0 Å². The molecule has 0 aromatic heterocycles. The highest BCUT2D eigenvalue weighted by Gasteiger charge is 2.34. The molecule has 1 fully saturated rings. The summed E-state index contributed by atoms with van der Waals surface area (Å²) >= 11 is 0. The molecular formula is C19H30N2O3. The number of aliphatic hydroxyl groups excluding tert-OH is 1. The standard InChI is InChI=1S/C19H30N2O3/c1-14-5-6-17(15(2)11-14)16(3)20-18(23)21(4)12-19(13-22)7-9-24-10-8-19/h5-6,11,16,22H,7-10,12-13H2,1-4H3,(H,20,23)/t16-/m0/s1. The minimum Gasteiger partial charge on any atom is -0.396 e. The first-order valence-corrected chi connectivity index (χ1v) is 8.64. The lowest BCUT2D eigenvalue weighted by atomic mass is 9.80. The van der Waals surface area contributed by atoms with Gasteiger partial charge in [-0.05, 0) is 44.7 Å². The van der Waals surface area contributed by atoms with Gasteiger partial charge >= 0.3 is 6.03 Å². The molecule has 0 saturated carbocycles. The molecule has 2 rings (SSSR count). The molecule has 2 amide bonds. The normalized spacial score (nSPS) is 18.0. The van der Waals surface area contributed by atoms with Gasteiger partial charge < -0.3 is 20.1 Å². The van der Waals surface area contributed by atoms with E-state index in [0.717, 1.165) is 18.4 Å². The van der Waals surface area contributed by atoms with Crippen molar-refractivity contribution in [3.8, 4) is 0 Å². The Hall–Kier alpha value is -1.59. The SMILES string of the molecule is Cc1ccc([C@H](C)NC(=O)N(C)CC2(CO)CCOCC2)c(C)c1. The molecule has 1 aliphatic heterocycles. The van der Waals surface area contributed by atoms with E-state index in [1.807, 2.05) is 6.92 Å². The van der Waals surface area contributed by atoms with Crippen LogP contribution in [-0.4, -0.2) is 49.5 Å². The Morgan fingerprint density at radius 1 is 1.38 bits per heavy atom. The summed E-state index contributed by atoms with van der Waals surface area (Å²) in [5, 5.41) is 12.8. The molecule has 1 saturated heterocycles. The van der Waals surface area contributed by atoms with Crippen LogP contribution in [0, 0.1) is 19.3 Å². The summed E-state index contributed by atoms with van der Waals surface area (Å²) in [4.78, 5) is 14.2. The van der Waals surface area contributed by atoms with Crippen LogP contribution in [0.4, 0.5) is 4.79 Å². The molecule has 5 nitrogen and oxygen atoms in total. The third-order valence-electron chi connectivity index (χ3n) is 5.04. The number of benzene rings is 1. The molecule has 0 radical (unpaired) electrons. The first kappa shape index (κ1) is 18.7. The summed E-state index contributed by atoms with van der Waals surface area (Å²) in [5.41, 5.74) is 3.29. The van der Waals surface area contributed by atoms with Crippen molar-refractivity contribution in [2.45, 2.75) is 39.7 Å². The van der Waals surface area contributed by atoms with Crippen LogP contribution < -0.4 is 5.32 Å². The van der Waals surface area contributed by atoms with Crippen molar-refractivity contribution < 1.29 is 14.6 Å². The average molecular weight is 334 g/mol. The van der Waals surface area contributed by atoms with Crippen LogP contribution in [0.2, 0.25) is 0 Å². The Kier molecular flexibility index (Phi) is 6.24. The highest BCUT2D eigenvalue weighted by molar-refractivity contribution is 5.74. The van der Waals surface area contributed by atoms with E-state index in [0.29, 0.717) is 19.8 Å². The lowest BCUT2D eigenvalue weighted by Crippen LogP contribution is -2.48. The van der Waals surface area contributed by atoms with E-state index in [1.165, 1.54) is 11.1 Å². The van der Waals surface area contributed by atoms with Crippen molar-refractivity contribution in [3.63, 3.8) is 0 Å². The minimum absolute atomic E-state index is 0.0553. The summed E-state index contributed by atoms with van der Waals surface area (Å²) in [6.45, 7) is 8.05. The van der Waals surface area contributed by atoms with Crippen LogP contribution in [-0.2, 0) is 4.74 Å². The molecule has 1 aromatic carbocycles. The van der Waals surface area contributed by atoms with E-state index < -0.39 is 0 Å². The predicted molar refractivity (Wildman–Crippen MR) is 95.1 cm³/mol. The largest absolute Gasteiger partial charge is 0.396 e. The second-order valence-corrected chi connectivity index (χ2v) is 7.16. The summed E-state index contributed by atoms with van der Waals surface area (Å²) in [6.07, 6.45) is 1.57. The third kappa shape index (κ3) is 4.48. The topological polar surface area (TPSA) is 61.8 Å². The Bertz CT molecular complexity index is 568. The second kappa shape index (κ2) is 7.99. The van der Waals surface area contributed by atoms with Crippen molar-refractivity contribution in [1.82, 2.24) is 10.2 Å². The maximum Gasteiger partial charge on any atom is 0.317 e. The number of aliphatic hydroxyl groups is 1. The molecular weight excluding hydrogens is 304 g/mol. The molecule has 1 aromatic rings. The van der Waals surface area contributed by atoms with E-state index in [2.05, 4.69) is 37.4 Å². The second-order valence-electron chi connectivity index (χ2n) is 7.16. The summed E-state index contributed by atoms with van der Waals surface area (Å²) in [6, 6.07) is 6.10. The summed E-state index contributed by atoms with van der Waals surface area (Å²) in [5.74, 6) is 0. The third-order valence-corrected chi connectivity index (χ3v) is 5.04. The van der Waals surface area contributed by atoms with E-state index in [1.54, 1.807) is 11.9 Å². The number of aryl methyl sites for hydroxylation is 2. The van der Waals surface area contributed by atoms with Gasteiger partial charge in [0.05, 0.1) is 12.6 Å². The van der Waals surface area contributed by atoms with E-state index in [4.69, 9.17) is 4.74 Å². The Balaban J connectivity index is 1.97. The number of nitrogens with one attached hydrogen (secondary N) is 1. The van der Waals surface area contributed by atoms with Crippen molar-refractivity contribution in [2.24, 2.45) is 5.41 Å². The fraction of sp³-hybridized carbons (Fsp3) is 0.632. The van der Waals surface area contributed by atoms with Crippen LogP contribution in [0.3, 0.4) is 0 Å². The zero-order valence-electron chi connectivity index (χ0n) is 15.3. The van der Waals surface area contributed by atoms with Gasteiger partial charge in [-0.2, -0.15) is 0 Å². The monoisotopic (exact) mass is 334 g/mol. The highest BCUT2D eigenvalue weighted by atomic mass is 16.5. The van der Waals surface area contributed by atoms with Crippen molar-refractivity contribution >= 4 is 6.03 Å². The molecule has 0 bridgehead atoms. The van der Waals surface area contributed by atoms with Gasteiger partial charge in [-0.25, -0.2) is 4.79 Å². The van der Waals surface area contributed by atoms with Gasteiger partial charge in [-0.3, -0.25) is 0 Å². The molecule has 1 heterocycles. The first-order chi connectivity index (χ1) is 11.4. The molecule has 0 unspecified atom stereocenters. The molecule has 0 aliphatic carbocycles. The number of carbonyl (C=O) groups is 1. The smallest absolute Gasteiger partial charge is 0.317 e. The zero-order valence-corrected chi connectivity index (χ0v) is 15.3. The quantitative estimate of drug-likeness (QED) is 0.870. The molecule has 24 heavy (non-hydrogen) atoms. The maximum atomic E-state index is 12.5. The molecule has 134 valence electrons. The summed E-state index contributed by atoms with van der Waals surface area (Å²) < 4.78 is 5.38. The minimum atomic E-state index is -0.243. The van der Waals surface area contributed by atoms with E-state index >= 15 is 0 Å². The Morgan fingerprint density at radius 2 is 2.04 bits per heavy atom. The summed E-state index contributed by atoms with van der Waals surface area (Å²) in [7, 11) is 1.79. The lowest BCUT2D eigenvalue weighted by Gasteiger charge is -2.38. The Morgan fingerprint density at radius 3 is 2.62 bits per heavy atom. The van der Waals surface area contributed by atoms with Gasteiger partial charge in [-0.1, -0.05) is 23.8 Å². The van der Waals surface area contributed by atoms with Gasteiger partial charge in [0.25, 0.3) is 0 Å². The number of amides is 2. The van der Waals surface area contributed by atoms with E-state index in [9.17, 15) is 9.90 Å². The van der Waals surface area contributed by atoms with Gasteiger partial charge in [0, 0.05) is 32.2 Å². The average Bonchev–Trinajstić information content (AvgIpc) is 2.55. The molecule has 5 heteroatoms. The van der Waals surface area contributed by atoms with Crippen LogP contribution in [0.15, 0.2) is 18.2 Å². The maximum absolute atomic E-state index is 12.5. The number of hydrogen-bond acceptors (Lipinski definition) is 3. The Labute approximate surface area is 145 Å². The number of carbonyl (C=O) groups excluding carboxylic acids is 1. The molecule has 2 N–H and O–H groups in total. The van der Waals surface area contributed by atoms with Crippen LogP contribution >= 0.6 is 0 Å². The zero-order chi connectivity index (χ0) is 17.7. The van der Waals surface area contributed by atoms with E-state index in [-0.39, 0.29) is 24.1 Å².